The number of aliphatic carboxylic acids is 1. The maximum atomic E-state index is 12.4. The number of nitro benzene ring substituents is 1. The number of likely N-dealkylation sites (tertiary alicyclic amines) is 1. The van der Waals surface area contributed by atoms with E-state index >= 15 is 0 Å². The zero-order valence-corrected chi connectivity index (χ0v) is 11.2. The standard InChI is InChI=1S/C13H14N2O6/c1-7-2-8(4-9(3-7)15(20)21)12(17)14-6-10(16)5-11(14)13(18)19/h2-4,10-11,16H,5-6H2,1H3,(H,18,19)/t10-,11+/m1/s1. The number of carbonyl (C=O) groups excluding carboxylic acids is 1. The number of hydrogen-bond acceptors (Lipinski definition) is 5. The molecule has 1 aliphatic heterocycles. The summed E-state index contributed by atoms with van der Waals surface area (Å²) in [6, 6.07) is 2.77. The summed E-state index contributed by atoms with van der Waals surface area (Å²) >= 11 is 0. The lowest BCUT2D eigenvalue weighted by atomic mass is 10.1. The molecule has 1 saturated heterocycles. The van der Waals surface area contributed by atoms with Crippen molar-refractivity contribution in [3.63, 3.8) is 0 Å². The molecule has 2 N–H and O–H groups in total. The second kappa shape index (κ2) is 5.49. The van der Waals surface area contributed by atoms with Crippen molar-refractivity contribution in [2.45, 2.75) is 25.5 Å². The van der Waals surface area contributed by atoms with E-state index in [2.05, 4.69) is 0 Å². The lowest BCUT2D eigenvalue weighted by Gasteiger charge is -2.21. The maximum absolute atomic E-state index is 12.4. The number of amides is 1. The van der Waals surface area contributed by atoms with Gasteiger partial charge in [-0.25, -0.2) is 4.79 Å². The van der Waals surface area contributed by atoms with E-state index in [1.54, 1.807) is 6.92 Å². The third-order valence-electron chi connectivity index (χ3n) is 3.34. The molecule has 0 unspecified atom stereocenters. The highest BCUT2D eigenvalue weighted by Gasteiger charge is 2.39. The fraction of sp³-hybridized carbons (Fsp3) is 0.385. The normalized spacial score (nSPS) is 21.3. The Morgan fingerprint density at radius 3 is 2.62 bits per heavy atom. The minimum atomic E-state index is -1.21. The molecule has 0 saturated carbocycles. The highest BCUT2D eigenvalue weighted by Crippen LogP contribution is 2.23. The van der Waals surface area contributed by atoms with E-state index in [-0.39, 0.29) is 24.2 Å². The van der Waals surface area contributed by atoms with Crippen molar-refractivity contribution in [1.29, 1.82) is 0 Å². The van der Waals surface area contributed by atoms with Crippen LogP contribution in [0.1, 0.15) is 22.3 Å². The zero-order chi connectivity index (χ0) is 15.7. The van der Waals surface area contributed by atoms with Crippen LogP contribution in [-0.2, 0) is 4.79 Å². The van der Waals surface area contributed by atoms with Gasteiger partial charge in [-0.05, 0) is 18.6 Å². The number of aryl methyl sites for hydroxylation is 1. The molecule has 21 heavy (non-hydrogen) atoms. The number of carboxylic acid groups (broad SMARTS) is 1. The predicted molar refractivity (Wildman–Crippen MR) is 70.9 cm³/mol. The largest absolute Gasteiger partial charge is 0.480 e. The number of aliphatic hydroxyl groups excluding tert-OH is 1. The van der Waals surface area contributed by atoms with Crippen LogP contribution in [-0.4, -0.2) is 50.6 Å². The molecule has 8 heteroatoms. The van der Waals surface area contributed by atoms with Gasteiger partial charge >= 0.3 is 5.97 Å². The molecule has 112 valence electrons. The van der Waals surface area contributed by atoms with E-state index in [9.17, 15) is 24.8 Å². The summed E-state index contributed by atoms with van der Waals surface area (Å²) in [6.07, 6.45) is -0.954. The summed E-state index contributed by atoms with van der Waals surface area (Å²) in [4.78, 5) is 34.7. The fourth-order valence-corrected chi connectivity index (χ4v) is 2.43. The van der Waals surface area contributed by atoms with Gasteiger partial charge in [-0.1, -0.05) is 0 Å². The second-order valence-corrected chi connectivity index (χ2v) is 5.02. The van der Waals surface area contributed by atoms with Gasteiger partial charge in [0.15, 0.2) is 0 Å². The molecule has 1 aromatic rings. The number of nitro groups is 1. The van der Waals surface area contributed by atoms with Crippen molar-refractivity contribution in [2.75, 3.05) is 6.54 Å². The van der Waals surface area contributed by atoms with Crippen molar-refractivity contribution in [3.05, 3.63) is 39.4 Å². The summed E-state index contributed by atoms with van der Waals surface area (Å²) in [5, 5.41) is 29.4. The van der Waals surface area contributed by atoms with Gasteiger partial charge in [0, 0.05) is 30.7 Å². The molecule has 0 bridgehead atoms. The van der Waals surface area contributed by atoms with Gasteiger partial charge in [0.1, 0.15) is 6.04 Å². The van der Waals surface area contributed by atoms with Crippen LogP contribution in [0.3, 0.4) is 0 Å². The van der Waals surface area contributed by atoms with Gasteiger partial charge < -0.3 is 15.1 Å². The molecule has 2 rings (SSSR count). The first-order valence-electron chi connectivity index (χ1n) is 6.27. The molecule has 1 heterocycles. The van der Waals surface area contributed by atoms with Crippen molar-refractivity contribution in [2.24, 2.45) is 0 Å². The van der Waals surface area contributed by atoms with Crippen LogP contribution < -0.4 is 0 Å². The van der Waals surface area contributed by atoms with E-state index in [1.165, 1.54) is 12.1 Å². The van der Waals surface area contributed by atoms with Gasteiger partial charge in [-0.3, -0.25) is 14.9 Å². The van der Waals surface area contributed by atoms with E-state index in [0.29, 0.717) is 5.56 Å². The van der Waals surface area contributed by atoms with Crippen LogP contribution in [0, 0.1) is 17.0 Å². The second-order valence-electron chi connectivity index (χ2n) is 5.02. The Balaban J connectivity index is 2.35. The van der Waals surface area contributed by atoms with E-state index in [4.69, 9.17) is 5.11 Å². The van der Waals surface area contributed by atoms with Gasteiger partial charge in [0.2, 0.25) is 0 Å². The molecule has 0 aromatic heterocycles. The minimum absolute atomic E-state index is 0.0436. The number of benzene rings is 1. The van der Waals surface area contributed by atoms with E-state index < -0.39 is 28.9 Å². The lowest BCUT2D eigenvalue weighted by Crippen LogP contribution is -2.40. The van der Waals surface area contributed by atoms with Gasteiger partial charge in [0.25, 0.3) is 11.6 Å². The van der Waals surface area contributed by atoms with Crippen molar-refractivity contribution < 1.29 is 24.7 Å². The topological polar surface area (TPSA) is 121 Å². The number of carbonyl (C=O) groups is 2. The number of rotatable bonds is 3. The monoisotopic (exact) mass is 294 g/mol. The Morgan fingerprint density at radius 1 is 1.38 bits per heavy atom. The minimum Gasteiger partial charge on any atom is -0.480 e. The Hall–Kier alpha value is -2.48. The maximum Gasteiger partial charge on any atom is 0.326 e. The summed E-state index contributed by atoms with van der Waals surface area (Å²) in [5.41, 5.74) is 0.339. The van der Waals surface area contributed by atoms with Crippen molar-refractivity contribution >= 4 is 17.6 Å². The van der Waals surface area contributed by atoms with Crippen molar-refractivity contribution in [1.82, 2.24) is 4.90 Å². The SMILES string of the molecule is Cc1cc(C(=O)N2C[C@H](O)C[C@H]2C(=O)O)cc([N+](=O)[O-])c1. The third kappa shape index (κ3) is 3.00. The van der Waals surface area contributed by atoms with Crippen LogP contribution in [0.5, 0.6) is 0 Å². The van der Waals surface area contributed by atoms with Crippen molar-refractivity contribution in [3.8, 4) is 0 Å². The first kappa shape index (κ1) is 14.9. The quantitative estimate of drug-likeness (QED) is 0.620. The van der Waals surface area contributed by atoms with E-state index in [0.717, 1.165) is 11.0 Å². The third-order valence-corrected chi connectivity index (χ3v) is 3.34. The van der Waals surface area contributed by atoms with Crippen LogP contribution in [0.4, 0.5) is 5.69 Å². The molecule has 0 aliphatic carbocycles. The summed E-state index contributed by atoms with van der Waals surface area (Å²) < 4.78 is 0. The molecule has 0 radical (unpaired) electrons. The Bertz CT molecular complexity index is 615. The average molecular weight is 294 g/mol. The molecule has 1 fully saturated rings. The molecule has 1 amide bonds. The molecular weight excluding hydrogens is 280 g/mol. The number of non-ortho nitro benzene ring substituents is 1. The van der Waals surface area contributed by atoms with E-state index in [1.807, 2.05) is 0 Å². The zero-order valence-electron chi connectivity index (χ0n) is 11.2. The Labute approximate surface area is 119 Å². The smallest absolute Gasteiger partial charge is 0.326 e. The van der Waals surface area contributed by atoms with Crippen LogP contribution >= 0.6 is 0 Å². The number of aliphatic hydroxyl groups is 1. The van der Waals surface area contributed by atoms with Crippen LogP contribution in [0.15, 0.2) is 18.2 Å². The first-order chi connectivity index (χ1) is 9.79. The summed E-state index contributed by atoms with van der Waals surface area (Å²) in [7, 11) is 0. The highest BCUT2D eigenvalue weighted by molar-refractivity contribution is 5.97. The van der Waals surface area contributed by atoms with Gasteiger partial charge in [-0.2, -0.15) is 0 Å². The first-order valence-corrected chi connectivity index (χ1v) is 6.27. The molecular formula is C13H14N2O6. The highest BCUT2D eigenvalue weighted by atomic mass is 16.6. The molecule has 8 nitrogen and oxygen atoms in total. The molecule has 0 spiro atoms. The fourth-order valence-electron chi connectivity index (χ4n) is 2.43. The Morgan fingerprint density at radius 2 is 2.05 bits per heavy atom. The summed E-state index contributed by atoms with van der Waals surface area (Å²) in [5.74, 6) is -1.84. The number of nitrogens with zero attached hydrogens (tertiary/aromatic N) is 2. The summed E-state index contributed by atoms with van der Waals surface area (Å²) in [6.45, 7) is 1.51. The lowest BCUT2D eigenvalue weighted by molar-refractivity contribution is -0.384. The molecule has 2 atom stereocenters. The Kier molecular flexibility index (Phi) is 3.90. The number of β-amino-alcohol motifs (C(OH)–C–C–N with tert-alkyl or cyclic N) is 1. The van der Waals surface area contributed by atoms with Crippen LogP contribution in [0.25, 0.3) is 0 Å². The molecule has 1 aromatic carbocycles. The van der Waals surface area contributed by atoms with Gasteiger partial charge in [0.05, 0.1) is 11.0 Å². The predicted octanol–water partition coefficient (Wildman–Crippen LogP) is 0.563. The average Bonchev–Trinajstić information content (AvgIpc) is 2.79. The van der Waals surface area contributed by atoms with Crippen LogP contribution in [0.2, 0.25) is 0 Å². The van der Waals surface area contributed by atoms with Gasteiger partial charge in [-0.15, -0.1) is 0 Å². The molecule has 1 aliphatic rings. The number of carboxylic acids is 1. The number of hydrogen-bond donors (Lipinski definition) is 2.